The predicted molar refractivity (Wildman–Crippen MR) is 67.7 cm³/mol. The quantitative estimate of drug-likeness (QED) is 0.896. The van der Waals surface area contributed by atoms with Gasteiger partial charge in [-0.25, -0.2) is 4.98 Å². The number of anilines is 1. The van der Waals surface area contributed by atoms with E-state index in [1.165, 1.54) is 18.3 Å². The van der Waals surface area contributed by atoms with Gasteiger partial charge in [0.1, 0.15) is 5.78 Å². The summed E-state index contributed by atoms with van der Waals surface area (Å²) in [5.74, 6) is 0.231. The average molecular weight is 252 g/mol. The summed E-state index contributed by atoms with van der Waals surface area (Å²) in [6, 6.07) is 0. The molecule has 17 heavy (non-hydrogen) atoms. The minimum absolute atomic E-state index is 0.00397. The van der Waals surface area contributed by atoms with Gasteiger partial charge in [0.2, 0.25) is 0 Å². The Kier molecular flexibility index (Phi) is 3.03. The minimum atomic E-state index is -0.00397. The summed E-state index contributed by atoms with van der Waals surface area (Å²) in [6.07, 6.45) is 1.40. The van der Waals surface area contributed by atoms with E-state index in [0.29, 0.717) is 11.6 Å². The van der Waals surface area contributed by atoms with Crippen molar-refractivity contribution in [1.29, 1.82) is 0 Å². The van der Waals surface area contributed by atoms with Gasteiger partial charge in [-0.15, -0.1) is 0 Å². The van der Waals surface area contributed by atoms with Crippen LogP contribution in [0.15, 0.2) is 0 Å². The Balaban J connectivity index is 2.21. The third kappa shape index (κ3) is 2.72. The van der Waals surface area contributed by atoms with E-state index < -0.39 is 0 Å². The van der Waals surface area contributed by atoms with Crippen LogP contribution in [0.5, 0.6) is 0 Å². The summed E-state index contributed by atoms with van der Waals surface area (Å²) < 4.78 is 0. The van der Waals surface area contributed by atoms with Crippen LogP contribution in [0.3, 0.4) is 0 Å². The van der Waals surface area contributed by atoms with Gasteiger partial charge >= 0.3 is 0 Å². The highest BCUT2D eigenvalue weighted by atomic mass is 32.1. The molecule has 1 aromatic heterocycles. The second-order valence-corrected chi connectivity index (χ2v) is 6.29. The van der Waals surface area contributed by atoms with Crippen LogP contribution in [-0.4, -0.2) is 23.1 Å². The first-order chi connectivity index (χ1) is 7.87. The van der Waals surface area contributed by atoms with Crippen molar-refractivity contribution in [3.8, 4) is 0 Å². The summed E-state index contributed by atoms with van der Waals surface area (Å²) in [5, 5.41) is 3.63. The predicted octanol–water partition coefficient (Wildman–Crippen LogP) is 2.30. The highest BCUT2D eigenvalue weighted by molar-refractivity contribution is 7.17. The van der Waals surface area contributed by atoms with E-state index >= 15 is 0 Å². The van der Waals surface area contributed by atoms with Crippen molar-refractivity contribution in [1.82, 2.24) is 4.98 Å². The molecule has 0 unspecified atom stereocenters. The SMILES string of the molecule is CC(=O)CNc1nc2c(s1)C(=O)CC(C)(C)C2. The molecule has 0 amide bonds. The molecule has 0 saturated carbocycles. The van der Waals surface area contributed by atoms with Gasteiger partial charge in [0.15, 0.2) is 10.9 Å². The Labute approximate surface area is 104 Å². The molecular weight excluding hydrogens is 236 g/mol. The molecule has 0 saturated heterocycles. The number of nitrogens with one attached hydrogen (secondary N) is 1. The Morgan fingerprint density at radius 3 is 2.82 bits per heavy atom. The standard InChI is InChI=1S/C12H16N2O2S/c1-7(15)6-13-11-14-8-4-12(2,3)5-9(16)10(8)17-11/h4-6H2,1-3H3,(H,13,14). The monoisotopic (exact) mass is 252 g/mol. The summed E-state index contributed by atoms with van der Waals surface area (Å²) in [5.41, 5.74) is 0.873. The van der Waals surface area contributed by atoms with Crippen LogP contribution < -0.4 is 5.32 Å². The van der Waals surface area contributed by atoms with Gasteiger partial charge in [0.05, 0.1) is 17.1 Å². The average Bonchev–Trinajstić information content (AvgIpc) is 2.56. The van der Waals surface area contributed by atoms with Gasteiger partial charge in [-0.2, -0.15) is 0 Å². The number of aromatic nitrogens is 1. The molecule has 0 atom stereocenters. The van der Waals surface area contributed by atoms with Gasteiger partial charge in [0, 0.05) is 6.42 Å². The van der Waals surface area contributed by atoms with E-state index in [2.05, 4.69) is 24.1 Å². The van der Waals surface area contributed by atoms with Crippen LogP contribution in [0.4, 0.5) is 5.13 Å². The molecule has 0 fully saturated rings. The zero-order valence-electron chi connectivity index (χ0n) is 10.3. The molecule has 1 aliphatic carbocycles. The number of thiazole rings is 1. The van der Waals surface area contributed by atoms with Crippen LogP contribution in [-0.2, 0) is 11.2 Å². The number of Topliss-reactive ketones (excluding diaryl/α,β-unsaturated/α-hetero) is 2. The molecular formula is C12H16N2O2S. The number of hydrogen-bond acceptors (Lipinski definition) is 5. The van der Waals surface area contributed by atoms with Gasteiger partial charge < -0.3 is 5.32 Å². The molecule has 2 rings (SSSR count). The maximum atomic E-state index is 11.9. The van der Waals surface area contributed by atoms with Crippen LogP contribution >= 0.6 is 11.3 Å². The van der Waals surface area contributed by atoms with E-state index in [1.54, 1.807) is 0 Å². The molecule has 4 nitrogen and oxygen atoms in total. The Morgan fingerprint density at radius 2 is 2.18 bits per heavy atom. The third-order valence-electron chi connectivity index (χ3n) is 2.72. The molecule has 0 spiro atoms. The Hall–Kier alpha value is -1.23. The molecule has 0 bridgehead atoms. The molecule has 5 heteroatoms. The first-order valence-corrected chi connectivity index (χ1v) is 6.45. The number of hydrogen-bond donors (Lipinski definition) is 1. The number of fused-ring (bicyclic) bond motifs is 1. The summed E-state index contributed by atoms with van der Waals surface area (Å²) in [7, 11) is 0. The fourth-order valence-corrected chi connectivity index (χ4v) is 2.91. The summed E-state index contributed by atoms with van der Waals surface area (Å²) >= 11 is 1.36. The van der Waals surface area contributed by atoms with Crippen molar-refractivity contribution >= 4 is 28.0 Å². The molecule has 1 N–H and O–H groups in total. The first-order valence-electron chi connectivity index (χ1n) is 5.64. The molecule has 0 aromatic carbocycles. The summed E-state index contributed by atoms with van der Waals surface area (Å²) in [6.45, 7) is 5.95. The van der Waals surface area contributed by atoms with E-state index in [-0.39, 0.29) is 23.5 Å². The van der Waals surface area contributed by atoms with Gasteiger partial charge in [-0.1, -0.05) is 25.2 Å². The molecule has 92 valence electrons. The molecule has 0 radical (unpaired) electrons. The Morgan fingerprint density at radius 1 is 1.47 bits per heavy atom. The van der Waals surface area contributed by atoms with Crippen molar-refractivity contribution in [2.75, 3.05) is 11.9 Å². The zero-order valence-corrected chi connectivity index (χ0v) is 11.1. The molecule has 0 aliphatic heterocycles. The second kappa shape index (κ2) is 4.22. The zero-order chi connectivity index (χ0) is 12.6. The van der Waals surface area contributed by atoms with Crippen molar-refractivity contribution in [3.63, 3.8) is 0 Å². The highest BCUT2D eigenvalue weighted by Gasteiger charge is 2.33. The topological polar surface area (TPSA) is 59.1 Å². The maximum absolute atomic E-state index is 11.9. The largest absolute Gasteiger partial charge is 0.354 e. The summed E-state index contributed by atoms with van der Waals surface area (Å²) in [4.78, 5) is 28.0. The molecule has 1 heterocycles. The third-order valence-corrected chi connectivity index (χ3v) is 3.82. The first kappa shape index (κ1) is 12.2. The van der Waals surface area contributed by atoms with E-state index in [1.807, 2.05) is 0 Å². The van der Waals surface area contributed by atoms with Crippen LogP contribution in [0.2, 0.25) is 0 Å². The second-order valence-electron chi connectivity index (χ2n) is 5.29. The normalized spacial score (nSPS) is 17.7. The van der Waals surface area contributed by atoms with E-state index in [9.17, 15) is 9.59 Å². The maximum Gasteiger partial charge on any atom is 0.183 e. The van der Waals surface area contributed by atoms with Gasteiger partial charge in [0.25, 0.3) is 0 Å². The van der Waals surface area contributed by atoms with E-state index in [0.717, 1.165) is 17.0 Å². The smallest absolute Gasteiger partial charge is 0.183 e. The van der Waals surface area contributed by atoms with Crippen molar-refractivity contribution in [2.45, 2.75) is 33.6 Å². The number of rotatable bonds is 3. The fourth-order valence-electron chi connectivity index (χ4n) is 2.00. The number of carbonyl (C=O) groups excluding carboxylic acids is 2. The molecule has 1 aliphatic rings. The lowest BCUT2D eigenvalue weighted by molar-refractivity contribution is -0.115. The lowest BCUT2D eigenvalue weighted by atomic mass is 9.78. The van der Waals surface area contributed by atoms with Crippen molar-refractivity contribution in [3.05, 3.63) is 10.6 Å². The van der Waals surface area contributed by atoms with Gasteiger partial charge in [-0.3, -0.25) is 9.59 Å². The lowest BCUT2D eigenvalue weighted by Crippen LogP contribution is -2.26. The highest BCUT2D eigenvalue weighted by Crippen LogP contribution is 2.38. The van der Waals surface area contributed by atoms with Crippen molar-refractivity contribution in [2.24, 2.45) is 5.41 Å². The number of nitrogens with zero attached hydrogens (tertiary/aromatic N) is 1. The minimum Gasteiger partial charge on any atom is -0.354 e. The van der Waals surface area contributed by atoms with Crippen molar-refractivity contribution < 1.29 is 9.59 Å². The molecule has 1 aromatic rings. The fraction of sp³-hybridized carbons (Fsp3) is 0.583. The van der Waals surface area contributed by atoms with Crippen LogP contribution in [0.25, 0.3) is 0 Å². The van der Waals surface area contributed by atoms with Gasteiger partial charge in [-0.05, 0) is 18.8 Å². The lowest BCUT2D eigenvalue weighted by Gasteiger charge is -2.26. The number of ketones is 2. The van der Waals surface area contributed by atoms with Crippen LogP contribution in [0.1, 0.15) is 42.6 Å². The van der Waals surface area contributed by atoms with Crippen LogP contribution in [0, 0.1) is 5.41 Å². The Bertz CT molecular complexity index is 477. The van der Waals surface area contributed by atoms with E-state index in [4.69, 9.17) is 0 Å². The number of carbonyl (C=O) groups is 2.